The van der Waals surface area contributed by atoms with Crippen LogP contribution in [-0.2, 0) is 4.74 Å². The van der Waals surface area contributed by atoms with Crippen molar-refractivity contribution < 1.29 is 29.3 Å². The number of aldehydes is 2. The quantitative estimate of drug-likeness (QED) is 0.599. The topological polar surface area (TPSA) is 107 Å². The molecule has 32 heavy (non-hydrogen) atoms. The Bertz CT molecular complexity index is 965. The van der Waals surface area contributed by atoms with Crippen LogP contribution in [0.5, 0.6) is 11.5 Å². The van der Waals surface area contributed by atoms with Crippen LogP contribution in [0.4, 0.5) is 10.5 Å². The van der Waals surface area contributed by atoms with E-state index in [0.717, 1.165) is 10.2 Å². The van der Waals surface area contributed by atoms with Crippen LogP contribution in [0.15, 0.2) is 40.9 Å². The Morgan fingerprint density at radius 2 is 1.47 bits per heavy atom. The number of halogens is 1. The average molecular weight is 507 g/mol. The normalized spacial score (nSPS) is 13.6. The summed E-state index contributed by atoms with van der Waals surface area (Å²) in [4.78, 5) is 36.9. The van der Waals surface area contributed by atoms with Gasteiger partial charge in [0, 0.05) is 36.3 Å². The maximum absolute atomic E-state index is 12.0. The lowest BCUT2D eigenvalue weighted by molar-refractivity contribution is 0.0240. The zero-order chi connectivity index (χ0) is 23.9. The number of carbonyl (C=O) groups is 3. The SMILES string of the molecule is CC(C)(C)OC(=O)N1CCN(c2ccc(O)c(C=O)c2)CC1.O=Cc1cc(Br)ccc1O. The molecular formula is C23H27BrN2O6. The van der Waals surface area contributed by atoms with Gasteiger partial charge in [-0.05, 0) is 57.2 Å². The molecule has 172 valence electrons. The monoisotopic (exact) mass is 506 g/mol. The molecule has 0 spiro atoms. The molecule has 0 saturated carbocycles. The summed E-state index contributed by atoms with van der Waals surface area (Å²) in [7, 11) is 0. The molecule has 0 atom stereocenters. The van der Waals surface area contributed by atoms with E-state index >= 15 is 0 Å². The van der Waals surface area contributed by atoms with E-state index in [0.29, 0.717) is 44.3 Å². The van der Waals surface area contributed by atoms with Crippen molar-refractivity contribution >= 4 is 40.3 Å². The van der Waals surface area contributed by atoms with E-state index in [1.807, 2.05) is 20.8 Å². The predicted octanol–water partition coefficient (Wildman–Crippen LogP) is 4.23. The number of anilines is 1. The van der Waals surface area contributed by atoms with Crippen LogP contribution in [0, 0.1) is 0 Å². The van der Waals surface area contributed by atoms with Gasteiger partial charge in [-0.2, -0.15) is 0 Å². The van der Waals surface area contributed by atoms with Gasteiger partial charge in [-0.1, -0.05) is 15.9 Å². The van der Waals surface area contributed by atoms with Gasteiger partial charge in [0.05, 0.1) is 11.1 Å². The molecule has 3 rings (SSSR count). The molecule has 2 aromatic carbocycles. The zero-order valence-electron chi connectivity index (χ0n) is 18.2. The number of hydrogen-bond acceptors (Lipinski definition) is 7. The summed E-state index contributed by atoms with van der Waals surface area (Å²) in [5, 5.41) is 18.5. The summed E-state index contributed by atoms with van der Waals surface area (Å²) in [6, 6.07) is 9.63. The highest BCUT2D eigenvalue weighted by Gasteiger charge is 2.26. The second-order valence-corrected chi connectivity index (χ2v) is 9.05. The van der Waals surface area contributed by atoms with Gasteiger partial charge in [0.1, 0.15) is 17.1 Å². The van der Waals surface area contributed by atoms with Crippen LogP contribution in [0.1, 0.15) is 41.5 Å². The molecule has 0 unspecified atom stereocenters. The Morgan fingerprint density at radius 1 is 0.938 bits per heavy atom. The summed E-state index contributed by atoms with van der Waals surface area (Å²) >= 11 is 3.17. The van der Waals surface area contributed by atoms with Gasteiger partial charge in [0.15, 0.2) is 12.6 Å². The molecule has 1 fully saturated rings. The molecule has 1 amide bonds. The first-order valence-electron chi connectivity index (χ1n) is 9.99. The molecule has 0 bridgehead atoms. The molecule has 9 heteroatoms. The Balaban J connectivity index is 0.000000303. The maximum Gasteiger partial charge on any atom is 0.410 e. The highest BCUT2D eigenvalue weighted by molar-refractivity contribution is 9.10. The van der Waals surface area contributed by atoms with E-state index in [-0.39, 0.29) is 23.2 Å². The fourth-order valence-corrected chi connectivity index (χ4v) is 3.31. The van der Waals surface area contributed by atoms with Crippen LogP contribution in [0.25, 0.3) is 0 Å². The van der Waals surface area contributed by atoms with Crippen LogP contribution in [0.2, 0.25) is 0 Å². The third-order valence-electron chi connectivity index (χ3n) is 4.55. The lowest BCUT2D eigenvalue weighted by atomic mass is 10.1. The number of aromatic hydroxyl groups is 2. The molecule has 2 N–H and O–H groups in total. The smallest absolute Gasteiger partial charge is 0.410 e. The number of phenols is 2. The molecule has 1 heterocycles. The number of piperazine rings is 1. The summed E-state index contributed by atoms with van der Waals surface area (Å²) in [6.45, 7) is 7.97. The van der Waals surface area contributed by atoms with Gasteiger partial charge in [-0.15, -0.1) is 0 Å². The fraction of sp³-hybridized carbons (Fsp3) is 0.348. The van der Waals surface area contributed by atoms with Gasteiger partial charge in [0.2, 0.25) is 0 Å². The second-order valence-electron chi connectivity index (χ2n) is 8.14. The lowest BCUT2D eigenvalue weighted by Gasteiger charge is -2.36. The first-order valence-corrected chi connectivity index (χ1v) is 10.8. The molecule has 0 aliphatic carbocycles. The highest BCUT2D eigenvalue weighted by atomic mass is 79.9. The van der Waals surface area contributed by atoms with Crippen LogP contribution < -0.4 is 4.90 Å². The van der Waals surface area contributed by atoms with Gasteiger partial charge in [-0.25, -0.2) is 4.79 Å². The van der Waals surface area contributed by atoms with E-state index in [4.69, 9.17) is 9.84 Å². The zero-order valence-corrected chi connectivity index (χ0v) is 19.8. The summed E-state index contributed by atoms with van der Waals surface area (Å²) in [5.74, 6) is -0.00987. The van der Waals surface area contributed by atoms with Crippen LogP contribution in [-0.4, -0.2) is 65.6 Å². The standard InChI is InChI=1S/C16H22N2O4.C7H5BrO2/c1-16(2,3)22-15(21)18-8-6-17(7-9-18)13-4-5-14(20)12(10-13)11-19;8-6-1-2-7(10)5(3-6)4-9/h4-5,10-11,20H,6-9H2,1-3H3;1-4,10H. The fourth-order valence-electron chi connectivity index (χ4n) is 2.93. The van der Waals surface area contributed by atoms with E-state index in [9.17, 15) is 19.5 Å². The number of phenolic OH excluding ortho intramolecular Hbond substituents is 2. The van der Waals surface area contributed by atoms with Crippen molar-refractivity contribution in [2.24, 2.45) is 0 Å². The Kier molecular flexibility index (Phi) is 8.65. The summed E-state index contributed by atoms with van der Waals surface area (Å²) in [6.07, 6.45) is 0.946. The number of carbonyl (C=O) groups excluding carboxylic acids is 3. The third-order valence-corrected chi connectivity index (χ3v) is 5.04. The summed E-state index contributed by atoms with van der Waals surface area (Å²) in [5.41, 5.74) is 0.939. The van der Waals surface area contributed by atoms with Gasteiger partial charge < -0.3 is 24.7 Å². The van der Waals surface area contributed by atoms with Gasteiger partial charge in [-0.3, -0.25) is 9.59 Å². The van der Waals surface area contributed by atoms with Crippen molar-refractivity contribution in [1.29, 1.82) is 0 Å². The second kappa shape index (κ2) is 11.0. The molecule has 0 radical (unpaired) electrons. The minimum Gasteiger partial charge on any atom is -0.507 e. The van der Waals surface area contributed by atoms with Crippen molar-refractivity contribution in [3.63, 3.8) is 0 Å². The lowest BCUT2D eigenvalue weighted by Crippen LogP contribution is -2.50. The maximum atomic E-state index is 12.0. The van der Waals surface area contributed by atoms with E-state index in [1.54, 1.807) is 29.2 Å². The third kappa shape index (κ3) is 7.26. The average Bonchev–Trinajstić information content (AvgIpc) is 2.75. The van der Waals surface area contributed by atoms with E-state index < -0.39 is 5.60 Å². The van der Waals surface area contributed by atoms with Crippen molar-refractivity contribution in [1.82, 2.24) is 4.90 Å². The largest absolute Gasteiger partial charge is 0.507 e. The molecule has 2 aromatic rings. The van der Waals surface area contributed by atoms with Gasteiger partial charge >= 0.3 is 6.09 Å². The number of rotatable bonds is 3. The van der Waals surface area contributed by atoms with Crippen molar-refractivity contribution in [2.75, 3.05) is 31.1 Å². The summed E-state index contributed by atoms with van der Waals surface area (Å²) < 4.78 is 6.14. The van der Waals surface area contributed by atoms with Crippen LogP contribution in [0.3, 0.4) is 0 Å². The van der Waals surface area contributed by atoms with Crippen molar-refractivity contribution in [3.8, 4) is 11.5 Å². The van der Waals surface area contributed by atoms with Gasteiger partial charge in [0.25, 0.3) is 0 Å². The minimum atomic E-state index is -0.496. The Hall–Kier alpha value is -3.07. The molecule has 1 saturated heterocycles. The van der Waals surface area contributed by atoms with Crippen molar-refractivity contribution in [2.45, 2.75) is 26.4 Å². The number of ether oxygens (including phenoxy) is 1. The highest BCUT2D eigenvalue weighted by Crippen LogP contribution is 2.24. The Labute approximate surface area is 195 Å². The number of amides is 1. The predicted molar refractivity (Wildman–Crippen MR) is 125 cm³/mol. The van der Waals surface area contributed by atoms with Crippen molar-refractivity contribution in [3.05, 3.63) is 52.0 Å². The Morgan fingerprint density at radius 3 is 1.97 bits per heavy atom. The first kappa shape index (κ1) is 25.2. The molecule has 1 aliphatic heterocycles. The molecule has 1 aliphatic rings. The molecule has 0 aromatic heterocycles. The number of hydrogen-bond donors (Lipinski definition) is 2. The van der Waals surface area contributed by atoms with Crippen LogP contribution >= 0.6 is 15.9 Å². The van der Waals surface area contributed by atoms with E-state index in [2.05, 4.69) is 20.8 Å². The number of benzene rings is 2. The number of nitrogens with zero attached hydrogens (tertiary/aromatic N) is 2. The molecule has 8 nitrogen and oxygen atoms in total. The first-order chi connectivity index (χ1) is 15.0. The van der Waals surface area contributed by atoms with E-state index in [1.165, 1.54) is 12.1 Å². The minimum absolute atomic E-state index is 0.0122. The molecular weight excluding hydrogens is 480 g/mol.